The third kappa shape index (κ3) is 3.72. The monoisotopic (exact) mass is 330 g/mol. The van der Waals surface area contributed by atoms with E-state index in [1.807, 2.05) is 24.4 Å². The van der Waals surface area contributed by atoms with Crippen LogP contribution in [0.4, 0.5) is 0 Å². The van der Waals surface area contributed by atoms with Crippen molar-refractivity contribution in [3.8, 4) is 0 Å². The Morgan fingerprint density at radius 3 is 2.92 bits per heavy atom. The van der Waals surface area contributed by atoms with Crippen LogP contribution in [-0.2, 0) is 11.2 Å². The van der Waals surface area contributed by atoms with E-state index >= 15 is 0 Å². The summed E-state index contributed by atoms with van der Waals surface area (Å²) in [6.45, 7) is 3.56. The Bertz CT molecular complexity index is 540. The predicted molar refractivity (Wildman–Crippen MR) is 96.9 cm³/mol. The Morgan fingerprint density at radius 1 is 1.38 bits per heavy atom. The number of hydrogen-bond donors (Lipinski definition) is 2. The lowest BCUT2D eigenvalue weighted by Crippen LogP contribution is -2.66. The van der Waals surface area contributed by atoms with Crippen molar-refractivity contribution in [1.82, 2.24) is 10.3 Å². The van der Waals surface area contributed by atoms with Crippen LogP contribution in [0.5, 0.6) is 0 Å². The molecule has 132 valence electrons. The Balaban J connectivity index is 1.53. The van der Waals surface area contributed by atoms with Crippen molar-refractivity contribution in [1.29, 1.82) is 0 Å². The Labute approximate surface area is 145 Å². The van der Waals surface area contributed by atoms with Gasteiger partial charge in [0.05, 0.1) is 6.10 Å². The van der Waals surface area contributed by atoms with E-state index in [0.29, 0.717) is 24.7 Å². The van der Waals surface area contributed by atoms with Gasteiger partial charge in [-0.05, 0) is 38.3 Å². The zero-order chi connectivity index (χ0) is 16.8. The zero-order valence-corrected chi connectivity index (χ0v) is 14.7. The molecular formula is C19H30N4O. The van der Waals surface area contributed by atoms with Crippen LogP contribution in [0.3, 0.4) is 0 Å². The second-order valence-electron chi connectivity index (χ2n) is 7.01. The molecule has 2 saturated carbocycles. The molecule has 0 aliphatic heterocycles. The number of aromatic nitrogens is 1. The molecule has 1 aromatic heterocycles. The molecule has 0 saturated heterocycles. The molecule has 5 heteroatoms. The number of nitrogens with zero attached hydrogens (tertiary/aromatic N) is 2. The number of nitrogens with two attached hydrogens (primary N) is 1. The molecule has 2 unspecified atom stereocenters. The van der Waals surface area contributed by atoms with Gasteiger partial charge < -0.3 is 15.8 Å². The van der Waals surface area contributed by atoms with Gasteiger partial charge in [0.1, 0.15) is 0 Å². The Morgan fingerprint density at radius 2 is 2.21 bits per heavy atom. The van der Waals surface area contributed by atoms with Gasteiger partial charge in [-0.3, -0.25) is 9.98 Å². The number of guanidine groups is 1. The average Bonchev–Trinajstić information content (AvgIpc) is 2.62. The lowest BCUT2D eigenvalue weighted by molar-refractivity contribution is -0.145. The van der Waals surface area contributed by atoms with E-state index in [1.165, 1.54) is 32.1 Å². The Hall–Kier alpha value is -1.62. The van der Waals surface area contributed by atoms with Crippen LogP contribution in [0.2, 0.25) is 0 Å². The lowest BCUT2D eigenvalue weighted by Gasteiger charge is -2.57. The third-order valence-electron chi connectivity index (χ3n) is 5.64. The van der Waals surface area contributed by atoms with E-state index in [0.717, 1.165) is 25.1 Å². The molecule has 3 N–H and O–H groups in total. The van der Waals surface area contributed by atoms with Gasteiger partial charge in [0.2, 0.25) is 0 Å². The van der Waals surface area contributed by atoms with Crippen LogP contribution >= 0.6 is 0 Å². The van der Waals surface area contributed by atoms with Gasteiger partial charge in [0.15, 0.2) is 5.96 Å². The van der Waals surface area contributed by atoms with Crippen LogP contribution in [0.15, 0.2) is 29.4 Å². The van der Waals surface area contributed by atoms with E-state index in [9.17, 15) is 0 Å². The van der Waals surface area contributed by atoms with Crippen molar-refractivity contribution in [3.63, 3.8) is 0 Å². The van der Waals surface area contributed by atoms with E-state index in [2.05, 4.69) is 22.2 Å². The first kappa shape index (κ1) is 17.2. The molecule has 2 aliphatic rings. The number of hydrogen-bond acceptors (Lipinski definition) is 3. The van der Waals surface area contributed by atoms with E-state index in [-0.39, 0.29) is 5.41 Å². The summed E-state index contributed by atoms with van der Waals surface area (Å²) >= 11 is 0. The summed E-state index contributed by atoms with van der Waals surface area (Å²) in [5.74, 6) is 0.566. The topological polar surface area (TPSA) is 72.5 Å². The molecule has 2 fully saturated rings. The average molecular weight is 330 g/mol. The molecule has 5 nitrogen and oxygen atoms in total. The number of rotatable bonds is 6. The minimum Gasteiger partial charge on any atom is -0.378 e. The minimum atomic E-state index is 0.273. The maximum Gasteiger partial charge on any atom is 0.188 e. The number of pyridine rings is 1. The van der Waals surface area contributed by atoms with Gasteiger partial charge in [-0.15, -0.1) is 0 Å². The number of ether oxygens (including phenoxy) is 1. The molecule has 2 atom stereocenters. The van der Waals surface area contributed by atoms with Crippen LogP contribution < -0.4 is 11.1 Å². The smallest absolute Gasteiger partial charge is 0.188 e. The lowest BCUT2D eigenvalue weighted by atomic mass is 9.55. The summed E-state index contributed by atoms with van der Waals surface area (Å²) < 4.78 is 5.99. The highest BCUT2D eigenvalue weighted by molar-refractivity contribution is 5.78. The second kappa shape index (κ2) is 7.97. The summed E-state index contributed by atoms with van der Waals surface area (Å²) in [5, 5.41) is 3.48. The molecule has 0 radical (unpaired) electrons. The highest BCUT2D eigenvalue weighted by Gasteiger charge is 2.55. The maximum atomic E-state index is 6.14. The summed E-state index contributed by atoms with van der Waals surface area (Å²) in [6.07, 6.45) is 10.5. The normalized spacial score (nSPS) is 26.1. The standard InChI is InChI=1S/C19H30N4O/c1-2-24-17-14-16(19(17)10-5-3-6-11-19)23-18(20)22-13-9-15-8-4-7-12-21-15/h4,7-8,12,16-17H,2-3,5-6,9-11,13-14H2,1H3,(H3,20,22,23). The Kier molecular flexibility index (Phi) is 5.72. The first-order valence-electron chi connectivity index (χ1n) is 9.32. The number of aliphatic imine (C=N–C) groups is 1. The van der Waals surface area contributed by atoms with Crippen LogP contribution in [0.25, 0.3) is 0 Å². The quantitative estimate of drug-likeness (QED) is 0.621. The highest BCUT2D eigenvalue weighted by atomic mass is 16.5. The van der Waals surface area contributed by atoms with Gasteiger partial charge in [-0.1, -0.05) is 25.3 Å². The molecule has 0 amide bonds. The first-order valence-corrected chi connectivity index (χ1v) is 9.32. The van der Waals surface area contributed by atoms with Crippen molar-refractivity contribution in [3.05, 3.63) is 30.1 Å². The molecule has 3 rings (SSSR count). The number of nitrogens with one attached hydrogen (secondary N) is 1. The summed E-state index contributed by atoms with van der Waals surface area (Å²) in [5.41, 5.74) is 7.46. The van der Waals surface area contributed by atoms with Gasteiger partial charge in [-0.2, -0.15) is 0 Å². The van der Waals surface area contributed by atoms with Gasteiger partial charge >= 0.3 is 0 Å². The van der Waals surface area contributed by atoms with Crippen molar-refractivity contribution in [2.45, 2.75) is 64.0 Å². The molecule has 0 aromatic carbocycles. The largest absolute Gasteiger partial charge is 0.378 e. The molecular weight excluding hydrogens is 300 g/mol. The fraction of sp³-hybridized carbons (Fsp3) is 0.684. The second-order valence-corrected chi connectivity index (χ2v) is 7.01. The van der Waals surface area contributed by atoms with Crippen LogP contribution in [0, 0.1) is 5.41 Å². The van der Waals surface area contributed by atoms with Crippen LogP contribution in [0.1, 0.15) is 51.1 Å². The molecule has 1 spiro atoms. The van der Waals surface area contributed by atoms with Gasteiger partial charge in [0.25, 0.3) is 0 Å². The summed E-state index contributed by atoms with van der Waals surface area (Å²) in [6, 6.07) is 6.36. The van der Waals surface area contributed by atoms with Gasteiger partial charge in [-0.25, -0.2) is 0 Å². The van der Waals surface area contributed by atoms with E-state index in [4.69, 9.17) is 10.5 Å². The van der Waals surface area contributed by atoms with Crippen molar-refractivity contribution >= 4 is 5.96 Å². The molecule has 1 aromatic rings. The summed E-state index contributed by atoms with van der Waals surface area (Å²) in [4.78, 5) is 8.81. The maximum absolute atomic E-state index is 6.14. The van der Waals surface area contributed by atoms with Crippen molar-refractivity contribution in [2.24, 2.45) is 16.1 Å². The first-order chi connectivity index (χ1) is 11.7. The molecule has 2 aliphatic carbocycles. The molecule has 24 heavy (non-hydrogen) atoms. The van der Waals surface area contributed by atoms with E-state index in [1.54, 1.807) is 0 Å². The van der Waals surface area contributed by atoms with Crippen molar-refractivity contribution in [2.75, 3.05) is 13.2 Å². The SMILES string of the molecule is CCOC1CC(NC(N)=NCCc2ccccn2)C12CCCCC2. The zero-order valence-electron chi connectivity index (χ0n) is 14.7. The summed E-state index contributed by atoms with van der Waals surface area (Å²) in [7, 11) is 0. The van der Waals surface area contributed by atoms with Crippen molar-refractivity contribution < 1.29 is 4.74 Å². The third-order valence-corrected chi connectivity index (χ3v) is 5.64. The molecule has 1 heterocycles. The van der Waals surface area contributed by atoms with Crippen LogP contribution in [-0.4, -0.2) is 36.2 Å². The minimum absolute atomic E-state index is 0.273. The molecule has 0 bridgehead atoms. The fourth-order valence-electron chi connectivity index (χ4n) is 4.33. The fourth-order valence-corrected chi connectivity index (χ4v) is 4.33. The van der Waals surface area contributed by atoms with E-state index < -0.39 is 0 Å². The highest BCUT2D eigenvalue weighted by Crippen LogP contribution is 2.53. The predicted octanol–water partition coefficient (Wildman–Crippen LogP) is 2.66. The van der Waals surface area contributed by atoms with Gasteiger partial charge in [0, 0.05) is 42.9 Å².